The summed E-state index contributed by atoms with van der Waals surface area (Å²) in [5, 5.41) is 3.11. The zero-order valence-corrected chi connectivity index (χ0v) is 11.4. The minimum absolute atomic E-state index is 0.0474. The average molecular weight is 307 g/mol. The van der Waals surface area contributed by atoms with E-state index in [0.29, 0.717) is 5.69 Å². The molecule has 102 valence electrons. The zero-order chi connectivity index (χ0) is 14.0. The first-order valence-corrected chi connectivity index (χ1v) is 6.65. The van der Waals surface area contributed by atoms with Crippen molar-refractivity contribution in [2.45, 2.75) is 19.1 Å². The van der Waals surface area contributed by atoms with E-state index in [1.54, 1.807) is 11.7 Å². The fourth-order valence-corrected chi connectivity index (χ4v) is 2.42. The first kappa shape index (κ1) is 14.1. The lowest BCUT2D eigenvalue weighted by molar-refractivity contribution is -0.137. The summed E-state index contributed by atoms with van der Waals surface area (Å²) >= 11 is 7.33. The highest BCUT2D eigenvalue weighted by molar-refractivity contribution is 7.09. The number of hydrogen-bond donors (Lipinski definition) is 1. The van der Waals surface area contributed by atoms with Crippen LogP contribution in [0.2, 0.25) is 5.02 Å². The van der Waals surface area contributed by atoms with E-state index in [2.05, 4.69) is 10.3 Å². The summed E-state index contributed by atoms with van der Waals surface area (Å²) in [6.45, 7) is 1.89. The Kier molecular flexibility index (Phi) is 4.01. The summed E-state index contributed by atoms with van der Waals surface area (Å²) in [7, 11) is 0. The first-order chi connectivity index (χ1) is 8.88. The van der Waals surface area contributed by atoms with Gasteiger partial charge in [-0.05, 0) is 25.1 Å². The quantitative estimate of drug-likeness (QED) is 0.864. The van der Waals surface area contributed by atoms with Crippen LogP contribution in [-0.4, -0.2) is 4.98 Å². The summed E-state index contributed by atoms with van der Waals surface area (Å²) < 4.78 is 37.5. The lowest BCUT2D eigenvalue weighted by Gasteiger charge is -2.16. The van der Waals surface area contributed by atoms with Crippen LogP contribution in [0.5, 0.6) is 0 Å². The average Bonchev–Trinajstić information content (AvgIpc) is 2.84. The Morgan fingerprint density at radius 1 is 1.37 bits per heavy atom. The largest absolute Gasteiger partial charge is 0.416 e. The molecule has 1 unspecified atom stereocenters. The molecule has 0 spiro atoms. The molecule has 2 aromatic rings. The number of thiazole rings is 1. The topological polar surface area (TPSA) is 24.9 Å². The molecule has 0 aliphatic rings. The Labute approximate surface area is 117 Å². The highest BCUT2D eigenvalue weighted by atomic mass is 35.5. The van der Waals surface area contributed by atoms with Gasteiger partial charge in [0, 0.05) is 11.1 Å². The molecule has 0 saturated heterocycles. The standard InChI is InChI=1S/C12H10ClF3N2S/c1-7(11-5-17-6-19-11)18-10-3-2-8(4-9(10)13)12(14,15)16/h2-7,18H,1H3. The van der Waals surface area contributed by atoms with E-state index >= 15 is 0 Å². The number of anilines is 1. The molecule has 0 aliphatic carbocycles. The molecule has 0 bridgehead atoms. The minimum atomic E-state index is -4.38. The molecule has 2 nitrogen and oxygen atoms in total. The lowest BCUT2D eigenvalue weighted by Crippen LogP contribution is -2.08. The van der Waals surface area contributed by atoms with Gasteiger partial charge in [0.1, 0.15) is 0 Å². The molecular formula is C12H10ClF3N2S. The first-order valence-electron chi connectivity index (χ1n) is 5.39. The van der Waals surface area contributed by atoms with Gasteiger partial charge in [-0.25, -0.2) is 0 Å². The van der Waals surface area contributed by atoms with Gasteiger partial charge in [-0.1, -0.05) is 11.6 Å². The summed E-state index contributed by atoms with van der Waals surface area (Å²) in [5.74, 6) is 0. The van der Waals surface area contributed by atoms with Crippen LogP contribution in [0.15, 0.2) is 29.9 Å². The maximum absolute atomic E-state index is 12.5. The Hall–Kier alpha value is -1.27. The van der Waals surface area contributed by atoms with Gasteiger partial charge in [-0.2, -0.15) is 13.2 Å². The van der Waals surface area contributed by atoms with E-state index < -0.39 is 11.7 Å². The van der Waals surface area contributed by atoms with Crippen molar-refractivity contribution in [1.82, 2.24) is 4.98 Å². The van der Waals surface area contributed by atoms with Gasteiger partial charge in [-0.15, -0.1) is 11.3 Å². The van der Waals surface area contributed by atoms with Gasteiger partial charge in [0.15, 0.2) is 0 Å². The number of hydrogen-bond acceptors (Lipinski definition) is 3. The Bertz CT molecular complexity index is 555. The van der Waals surface area contributed by atoms with Gasteiger partial charge >= 0.3 is 6.18 Å². The van der Waals surface area contributed by atoms with Gasteiger partial charge in [0.05, 0.1) is 27.8 Å². The number of rotatable bonds is 3. The number of aromatic nitrogens is 1. The molecule has 1 heterocycles. The van der Waals surface area contributed by atoms with E-state index in [-0.39, 0.29) is 11.1 Å². The van der Waals surface area contributed by atoms with Crippen molar-refractivity contribution in [1.29, 1.82) is 0 Å². The van der Waals surface area contributed by atoms with Crippen molar-refractivity contribution < 1.29 is 13.2 Å². The smallest absolute Gasteiger partial charge is 0.376 e. The summed E-state index contributed by atoms with van der Waals surface area (Å²) in [6.07, 6.45) is -2.67. The second-order valence-electron chi connectivity index (χ2n) is 3.96. The molecule has 1 aromatic heterocycles. The highest BCUT2D eigenvalue weighted by Crippen LogP contribution is 2.35. The van der Waals surface area contributed by atoms with E-state index in [4.69, 9.17) is 11.6 Å². The predicted molar refractivity (Wildman–Crippen MR) is 70.6 cm³/mol. The SMILES string of the molecule is CC(Nc1ccc(C(F)(F)F)cc1Cl)c1cncs1. The molecule has 0 radical (unpaired) electrons. The third-order valence-corrected chi connectivity index (χ3v) is 3.82. The summed E-state index contributed by atoms with van der Waals surface area (Å²) in [5.41, 5.74) is 1.41. The number of halogens is 4. The third kappa shape index (κ3) is 3.39. The van der Waals surface area contributed by atoms with Crippen LogP contribution >= 0.6 is 22.9 Å². The molecule has 0 fully saturated rings. The van der Waals surface area contributed by atoms with Crippen LogP contribution < -0.4 is 5.32 Å². The number of alkyl halides is 3. The fourth-order valence-electron chi connectivity index (χ4n) is 1.55. The highest BCUT2D eigenvalue weighted by Gasteiger charge is 2.30. The van der Waals surface area contributed by atoms with Crippen molar-refractivity contribution >= 4 is 28.6 Å². The van der Waals surface area contributed by atoms with Crippen molar-refractivity contribution in [3.8, 4) is 0 Å². The van der Waals surface area contributed by atoms with Crippen molar-refractivity contribution in [3.05, 3.63) is 45.4 Å². The van der Waals surface area contributed by atoms with E-state index in [1.807, 2.05) is 6.92 Å². The van der Waals surface area contributed by atoms with E-state index in [1.165, 1.54) is 17.4 Å². The molecule has 0 saturated carbocycles. The van der Waals surface area contributed by atoms with Crippen molar-refractivity contribution in [2.24, 2.45) is 0 Å². The van der Waals surface area contributed by atoms with Crippen molar-refractivity contribution in [2.75, 3.05) is 5.32 Å². The van der Waals surface area contributed by atoms with Crippen LogP contribution in [-0.2, 0) is 6.18 Å². The van der Waals surface area contributed by atoms with Crippen LogP contribution in [0.25, 0.3) is 0 Å². The van der Waals surface area contributed by atoms with Crippen molar-refractivity contribution in [3.63, 3.8) is 0 Å². The number of benzene rings is 1. The zero-order valence-electron chi connectivity index (χ0n) is 9.83. The van der Waals surface area contributed by atoms with Crippen LogP contribution in [0.4, 0.5) is 18.9 Å². The Balaban J connectivity index is 2.18. The van der Waals surface area contributed by atoms with Gasteiger partial charge in [0.25, 0.3) is 0 Å². The van der Waals surface area contributed by atoms with Crippen LogP contribution in [0, 0.1) is 0 Å². The molecule has 0 amide bonds. The lowest BCUT2D eigenvalue weighted by atomic mass is 10.2. The number of nitrogens with one attached hydrogen (secondary N) is 1. The maximum atomic E-state index is 12.5. The molecule has 1 atom stereocenters. The predicted octanol–water partition coefficient (Wildman–Crippen LogP) is 4.99. The van der Waals surface area contributed by atoms with Crippen LogP contribution in [0.1, 0.15) is 23.4 Å². The van der Waals surface area contributed by atoms with E-state index in [9.17, 15) is 13.2 Å². The summed E-state index contributed by atoms with van der Waals surface area (Å²) in [6, 6.07) is 3.20. The van der Waals surface area contributed by atoms with Gasteiger partial charge < -0.3 is 5.32 Å². The molecule has 0 aliphatic heterocycles. The fraction of sp³-hybridized carbons (Fsp3) is 0.250. The molecule has 2 rings (SSSR count). The van der Waals surface area contributed by atoms with Gasteiger partial charge in [-0.3, -0.25) is 4.98 Å². The van der Waals surface area contributed by atoms with Crippen LogP contribution in [0.3, 0.4) is 0 Å². The molecular weight excluding hydrogens is 297 g/mol. The maximum Gasteiger partial charge on any atom is 0.416 e. The Morgan fingerprint density at radius 3 is 2.63 bits per heavy atom. The molecule has 7 heteroatoms. The molecule has 1 N–H and O–H groups in total. The third-order valence-electron chi connectivity index (χ3n) is 2.55. The molecule has 19 heavy (non-hydrogen) atoms. The normalized spacial score (nSPS) is 13.3. The van der Waals surface area contributed by atoms with E-state index in [0.717, 1.165) is 17.0 Å². The Morgan fingerprint density at radius 2 is 2.11 bits per heavy atom. The van der Waals surface area contributed by atoms with Gasteiger partial charge in [0.2, 0.25) is 0 Å². The molecule has 1 aromatic carbocycles. The minimum Gasteiger partial charge on any atom is -0.376 e. The number of nitrogens with zero attached hydrogens (tertiary/aromatic N) is 1. The second-order valence-corrected chi connectivity index (χ2v) is 5.29. The monoisotopic (exact) mass is 306 g/mol. The second kappa shape index (κ2) is 5.38. The summed E-state index contributed by atoms with van der Waals surface area (Å²) in [4.78, 5) is 4.93.